The van der Waals surface area contributed by atoms with Gasteiger partial charge in [0.1, 0.15) is 0 Å². The molecule has 0 aliphatic heterocycles. The van der Waals surface area contributed by atoms with Crippen molar-refractivity contribution in [2.24, 2.45) is 0 Å². The van der Waals surface area contributed by atoms with Crippen molar-refractivity contribution in [2.45, 2.75) is 32.7 Å². The highest BCUT2D eigenvalue weighted by molar-refractivity contribution is 5.47. The zero-order valence-electron chi connectivity index (χ0n) is 11.9. The third kappa shape index (κ3) is 3.75. The summed E-state index contributed by atoms with van der Waals surface area (Å²) < 4.78 is 0. The zero-order valence-corrected chi connectivity index (χ0v) is 11.9. The maximum Gasteiger partial charge on any atom is 0.0401 e. The van der Waals surface area contributed by atoms with Crippen molar-refractivity contribution in [2.75, 3.05) is 11.1 Å². The Balaban J connectivity index is 2.01. The van der Waals surface area contributed by atoms with Crippen LogP contribution in [-0.2, 0) is 12.0 Å². The summed E-state index contributed by atoms with van der Waals surface area (Å²) in [5, 5.41) is 3.41. The molecule has 0 saturated carbocycles. The minimum Gasteiger partial charge on any atom is -0.399 e. The van der Waals surface area contributed by atoms with Crippen molar-refractivity contribution in [3.8, 4) is 0 Å². The van der Waals surface area contributed by atoms with Gasteiger partial charge < -0.3 is 11.1 Å². The molecule has 0 amide bonds. The van der Waals surface area contributed by atoms with Crippen LogP contribution in [0.5, 0.6) is 0 Å². The normalized spacial score (nSPS) is 11.3. The Kier molecular flexibility index (Phi) is 3.79. The topological polar surface area (TPSA) is 38.0 Å². The van der Waals surface area contributed by atoms with E-state index in [0.717, 1.165) is 17.9 Å². The van der Waals surface area contributed by atoms with Crippen LogP contribution in [0, 0.1) is 0 Å². The lowest BCUT2D eigenvalue weighted by Gasteiger charge is -2.19. The quantitative estimate of drug-likeness (QED) is 0.806. The molecule has 19 heavy (non-hydrogen) atoms. The van der Waals surface area contributed by atoms with Crippen molar-refractivity contribution >= 4 is 11.4 Å². The van der Waals surface area contributed by atoms with E-state index in [4.69, 9.17) is 5.73 Å². The van der Waals surface area contributed by atoms with E-state index in [2.05, 4.69) is 56.4 Å². The Bertz CT molecular complexity index is 536. The lowest BCUT2D eigenvalue weighted by Crippen LogP contribution is -2.10. The van der Waals surface area contributed by atoms with E-state index >= 15 is 0 Å². The van der Waals surface area contributed by atoms with Crippen LogP contribution in [0.15, 0.2) is 48.5 Å². The van der Waals surface area contributed by atoms with Gasteiger partial charge in [-0.2, -0.15) is 0 Å². The summed E-state index contributed by atoms with van der Waals surface area (Å²) in [5.74, 6) is 0. The molecule has 0 atom stereocenters. The maximum atomic E-state index is 5.77. The highest BCUT2D eigenvalue weighted by Gasteiger charge is 2.12. The molecule has 0 unspecified atom stereocenters. The van der Waals surface area contributed by atoms with E-state index in [1.807, 2.05) is 18.2 Å². The Morgan fingerprint density at radius 3 is 2.26 bits per heavy atom. The smallest absolute Gasteiger partial charge is 0.0401 e. The second-order valence-corrected chi connectivity index (χ2v) is 5.93. The third-order valence-corrected chi connectivity index (χ3v) is 3.20. The third-order valence-electron chi connectivity index (χ3n) is 3.20. The Morgan fingerprint density at radius 1 is 1.00 bits per heavy atom. The molecule has 0 aliphatic rings. The van der Waals surface area contributed by atoms with Crippen molar-refractivity contribution in [3.63, 3.8) is 0 Å². The molecule has 0 aromatic heterocycles. The number of nitrogens with two attached hydrogens (primary N) is 1. The average molecular weight is 254 g/mol. The number of anilines is 2. The van der Waals surface area contributed by atoms with E-state index in [-0.39, 0.29) is 5.41 Å². The fourth-order valence-electron chi connectivity index (χ4n) is 2.00. The van der Waals surface area contributed by atoms with Gasteiger partial charge in [0.15, 0.2) is 0 Å². The summed E-state index contributed by atoms with van der Waals surface area (Å²) in [7, 11) is 0. The minimum atomic E-state index is 0.201. The van der Waals surface area contributed by atoms with Gasteiger partial charge in [0.05, 0.1) is 0 Å². The van der Waals surface area contributed by atoms with E-state index in [0.29, 0.717) is 0 Å². The van der Waals surface area contributed by atoms with E-state index in [1.54, 1.807) is 0 Å². The molecule has 2 rings (SSSR count). The highest BCUT2D eigenvalue weighted by atomic mass is 14.9. The molecule has 100 valence electrons. The number of nitrogen functional groups attached to an aromatic ring is 1. The predicted octanol–water partition coefficient (Wildman–Crippen LogP) is 4.18. The molecule has 0 radical (unpaired) electrons. The second-order valence-electron chi connectivity index (χ2n) is 5.93. The number of hydrogen-bond acceptors (Lipinski definition) is 2. The first kappa shape index (κ1) is 13.5. The van der Waals surface area contributed by atoms with Crippen LogP contribution in [0.3, 0.4) is 0 Å². The van der Waals surface area contributed by atoms with Crippen LogP contribution in [0.4, 0.5) is 11.4 Å². The summed E-state index contributed by atoms with van der Waals surface area (Å²) in [6.07, 6.45) is 0. The van der Waals surface area contributed by atoms with Crippen LogP contribution in [-0.4, -0.2) is 0 Å². The molecule has 0 bridgehead atoms. The summed E-state index contributed by atoms with van der Waals surface area (Å²) in [5.41, 5.74) is 10.5. The number of benzene rings is 2. The van der Waals surface area contributed by atoms with Gasteiger partial charge in [0, 0.05) is 17.9 Å². The molecule has 3 N–H and O–H groups in total. The van der Waals surface area contributed by atoms with Gasteiger partial charge in [-0.15, -0.1) is 0 Å². The van der Waals surface area contributed by atoms with Gasteiger partial charge >= 0.3 is 0 Å². The molecular weight excluding hydrogens is 232 g/mol. The van der Waals surface area contributed by atoms with Crippen LogP contribution in [0.25, 0.3) is 0 Å². The first-order chi connectivity index (χ1) is 8.95. The molecule has 0 heterocycles. The predicted molar refractivity (Wildman–Crippen MR) is 83.3 cm³/mol. The van der Waals surface area contributed by atoms with Crippen LogP contribution < -0.4 is 11.1 Å². The number of rotatable bonds is 3. The SMILES string of the molecule is CC(C)(C)c1ccc(NCc2cccc(N)c2)cc1. The van der Waals surface area contributed by atoms with Gasteiger partial charge in [-0.3, -0.25) is 0 Å². The molecule has 2 nitrogen and oxygen atoms in total. The maximum absolute atomic E-state index is 5.77. The molecule has 0 saturated heterocycles. The standard InChI is InChI=1S/C17H22N2/c1-17(2,3)14-7-9-16(10-8-14)19-12-13-5-4-6-15(18)11-13/h4-11,19H,12,18H2,1-3H3. The van der Waals surface area contributed by atoms with E-state index in [1.165, 1.54) is 11.1 Å². The fraction of sp³-hybridized carbons (Fsp3) is 0.294. The van der Waals surface area contributed by atoms with Gasteiger partial charge in [-0.25, -0.2) is 0 Å². The molecule has 0 spiro atoms. The van der Waals surface area contributed by atoms with Crippen LogP contribution >= 0.6 is 0 Å². The number of nitrogens with one attached hydrogen (secondary N) is 1. The minimum absolute atomic E-state index is 0.201. The molecule has 2 aromatic carbocycles. The molecule has 0 aliphatic carbocycles. The average Bonchev–Trinajstić information content (AvgIpc) is 2.36. The van der Waals surface area contributed by atoms with E-state index in [9.17, 15) is 0 Å². The number of hydrogen-bond donors (Lipinski definition) is 2. The molecular formula is C17H22N2. The largest absolute Gasteiger partial charge is 0.399 e. The van der Waals surface area contributed by atoms with Gasteiger partial charge in [-0.1, -0.05) is 45.0 Å². The molecule has 2 heteroatoms. The van der Waals surface area contributed by atoms with Crippen molar-refractivity contribution in [1.82, 2.24) is 0 Å². The Labute approximate surface area is 115 Å². The molecule has 2 aromatic rings. The van der Waals surface area contributed by atoms with Crippen molar-refractivity contribution < 1.29 is 0 Å². The van der Waals surface area contributed by atoms with Crippen LogP contribution in [0.1, 0.15) is 31.9 Å². The Morgan fingerprint density at radius 2 is 1.68 bits per heavy atom. The van der Waals surface area contributed by atoms with Gasteiger partial charge in [0.2, 0.25) is 0 Å². The zero-order chi connectivity index (χ0) is 13.9. The van der Waals surface area contributed by atoms with E-state index < -0.39 is 0 Å². The molecule has 0 fully saturated rings. The first-order valence-electron chi connectivity index (χ1n) is 6.64. The summed E-state index contributed by atoms with van der Waals surface area (Å²) >= 11 is 0. The van der Waals surface area contributed by atoms with Gasteiger partial charge in [-0.05, 0) is 40.8 Å². The fourth-order valence-corrected chi connectivity index (χ4v) is 2.00. The Hall–Kier alpha value is -1.96. The van der Waals surface area contributed by atoms with Crippen LogP contribution in [0.2, 0.25) is 0 Å². The lowest BCUT2D eigenvalue weighted by atomic mass is 9.87. The van der Waals surface area contributed by atoms with Crippen molar-refractivity contribution in [1.29, 1.82) is 0 Å². The second kappa shape index (κ2) is 5.35. The lowest BCUT2D eigenvalue weighted by molar-refractivity contribution is 0.590. The van der Waals surface area contributed by atoms with Gasteiger partial charge in [0.25, 0.3) is 0 Å². The van der Waals surface area contributed by atoms with Crippen molar-refractivity contribution in [3.05, 3.63) is 59.7 Å². The summed E-state index contributed by atoms with van der Waals surface area (Å²) in [6, 6.07) is 16.6. The highest BCUT2D eigenvalue weighted by Crippen LogP contribution is 2.23. The monoisotopic (exact) mass is 254 g/mol. The first-order valence-corrected chi connectivity index (χ1v) is 6.64. The summed E-state index contributed by atoms with van der Waals surface area (Å²) in [6.45, 7) is 7.46. The summed E-state index contributed by atoms with van der Waals surface area (Å²) in [4.78, 5) is 0.